The van der Waals surface area contributed by atoms with Crippen molar-refractivity contribution < 1.29 is 9.59 Å². The van der Waals surface area contributed by atoms with E-state index in [9.17, 15) is 14.9 Å². The molecule has 0 spiro atoms. The summed E-state index contributed by atoms with van der Waals surface area (Å²) in [4.78, 5) is 38.2. The van der Waals surface area contributed by atoms with Crippen molar-refractivity contribution in [2.75, 3.05) is 24.7 Å². The van der Waals surface area contributed by atoms with Gasteiger partial charge >= 0.3 is 0 Å². The van der Waals surface area contributed by atoms with E-state index >= 15 is 0 Å². The molecule has 0 bridgehead atoms. The number of carbonyl (C=O) groups is 2. The first-order valence-electron chi connectivity index (χ1n) is 9.31. The molecular weight excluding hydrogens is 384 g/mol. The Morgan fingerprint density at radius 1 is 1.20 bits per heavy atom. The topological polar surface area (TPSA) is 148 Å². The molecule has 0 saturated heterocycles. The predicted molar refractivity (Wildman–Crippen MR) is 108 cm³/mol. The van der Waals surface area contributed by atoms with Crippen LogP contribution in [0.2, 0.25) is 0 Å². The van der Waals surface area contributed by atoms with Crippen LogP contribution in [0.15, 0.2) is 24.7 Å². The summed E-state index contributed by atoms with van der Waals surface area (Å²) in [5.74, 6) is 0.0781. The lowest BCUT2D eigenvalue weighted by molar-refractivity contribution is -0.129. The Bertz CT molecular complexity index is 1030. The van der Waals surface area contributed by atoms with Gasteiger partial charge in [0, 0.05) is 31.8 Å². The van der Waals surface area contributed by atoms with Crippen LogP contribution in [-0.2, 0) is 9.59 Å². The number of hydrogen-bond acceptors (Lipinski definition) is 8. The van der Waals surface area contributed by atoms with Crippen LogP contribution >= 0.6 is 0 Å². The summed E-state index contributed by atoms with van der Waals surface area (Å²) in [7, 11) is 3.18. The third-order valence-corrected chi connectivity index (χ3v) is 4.50. The van der Waals surface area contributed by atoms with Gasteiger partial charge in [0.05, 0.1) is 36.3 Å². The van der Waals surface area contributed by atoms with Crippen molar-refractivity contribution in [1.82, 2.24) is 19.9 Å². The SMILES string of the molecule is CN(C)C(=O)[C@H](CC#N)Nc1cc(-c2cnc(NC(=O)C3CC3)cn2)cnc1C#N. The van der Waals surface area contributed by atoms with Gasteiger partial charge in [0.2, 0.25) is 11.8 Å². The zero-order valence-corrected chi connectivity index (χ0v) is 16.6. The summed E-state index contributed by atoms with van der Waals surface area (Å²) in [5, 5.41) is 24.1. The van der Waals surface area contributed by atoms with Crippen LogP contribution in [-0.4, -0.2) is 51.8 Å². The molecule has 2 N–H and O–H groups in total. The van der Waals surface area contributed by atoms with Crippen molar-refractivity contribution >= 4 is 23.3 Å². The number of rotatable bonds is 7. The Morgan fingerprint density at radius 2 is 1.97 bits per heavy atom. The molecule has 0 aliphatic heterocycles. The molecule has 30 heavy (non-hydrogen) atoms. The quantitative estimate of drug-likeness (QED) is 0.706. The second kappa shape index (κ2) is 8.97. The van der Waals surface area contributed by atoms with E-state index in [1.165, 1.54) is 23.5 Å². The van der Waals surface area contributed by atoms with E-state index in [0.717, 1.165) is 12.8 Å². The highest BCUT2D eigenvalue weighted by atomic mass is 16.2. The van der Waals surface area contributed by atoms with E-state index in [1.807, 2.05) is 12.1 Å². The lowest BCUT2D eigenvalue weighted by Crippen LogP contribution is -2.38. The minimum absolute atomic E-state index is 0.0577. The molecule has 1 fully saturated rings. The molecule has 1 aliphatic rings. The van der Waals surface area contributed by atoms with Crippen LogP contribution in [0.5, 0.6) is 0 Å². The lowest BCUT2D eigenvalue weighted by atomic mass is 10.1. The lowest BCUT2D eigenvalue weighted by Gasteiger charge is -2.21. The molecule has 2 amide bonds. The van der Waals surface area contributed by atoms with Gasteiger partial charge in [-0.2, -0.15) is 10.5 Å². The minimum Gasteiger partial charge on any atom is -0.370 e. The van der Waals surface area contributed by atoms with Crippen molar-refractivity contribution in [2.45, 2.75) is 25.3 Å². The number of likely N-dealkylation sites (N-methyl/N-ethyl adjacent to an activating group) is 1. The summed E-state index contributed by atoms with van der Waals surface area (Å²) in [6.07, 6.45) is 6.15. The van der Waals surface area contributed by atoms with Crippen molar-refractivity contribution in [3.05, 3.63) is 30.4 Å². The fourth-order valence-electron chi connectivity index (χ4n) is 2.71. The maximum atomic E-state index is 12.3. The van der Waals surface area contributed by atoms with Gasteiger partial charge in [0.1, 0.15) is 12.1 Å². The fourth-order valence-corrected chi connectivity index (χ4v) is 2.71. The third-order valence-electron chi connectivity index (χ3n) is 4.50. The highest BCUT2D eigenvalue weighted by Crippen LogP contribution is 2.30. The fraction of sp³-hybridized carbons (Fsp3) is 0.350. The minimum atomic E-state index is -0.819. The van der Waals surface area contributed by atoms with E-state index in [1.54, 1.807) is 20.2 Å². The smallest absolute Gasteiger partial charge is 0.245 e. The Kier molecular flexibility index (Phi) is 6.18. The highest BCUT2D eigenvalue weighted by Gasteiger charge is 2.29. The molecule has 1 saturated carbocycles. The number of pyridine rings is 1. The summed E-state index contributed by atoms with van der Waals surface area (Å²) in [5.41, 5.74) is 1.46. The number of aromatic nitrogens is 3. The molecule has 1 aliphatic carbocycles. The van der Waals surface area contributed by atoms with E-state index in [2.05, 4.69) is 25.6 Å². The first-order chi connectivity index (χ1) is 14.4. The maximum Gasteiger partial charge on any atom is 0.245 e. The van der Waals surface area contributed by atoms with Crippen molar-refractivity contribution in [1.29, 1.82) is 10.5 Å². The van der Waals surface area contributed by atoms with E-state index < -0.39 is 6.04 Å². The van der Waals surface area contributed by atoms with Gasteiger partial charge in [-0.1, -0.05) is 0 Å². The highest BCUT2D eigenvalue weighted by molar-refractivity contribution is 5.93. The van der Waals surface area contributed by atoms with Gasteiger partial charge in [-0.3, -0.25) is 14.6 Å². The number of hydrogen-bond donors (Lipinski definition) is 2. The van der Waals surface area contributed by atoms with E-state index in [-0.39, 0.29) is 29.8 Å². The first-order valence-corrected chi connectivity index (χ1v) is 9.31. The first kappa shape index (κ1) is 20.7. The summed E-state index contributed by atoms with van der Waals surface area (Å²) >= 11 is 0. The van der Waals surface area contributed by atoms with Crippen molar-refractivity contribution in [2.24, 2.45) is 5.92 Å². The standard InChI is InChI=1S/C20H20N8O2/c1-28(2)20(30)14(5-6-21)26-15-7-13(9-23-16(15)8-22)17-10-25-18(11-24-17)27-19(29)12-3-4-12/h7,9-12,14,26H,3-5H2,1-2H3,(H,25,27,29)/t14-/m0/s1. The number of nitrogens with zero attached hydrogens (tertiary/aromatic N) is 6. The molecular formula is C20H20N8O2. The second-order valence-electron chi connectivity index (χ2n) is 7.07. The average molecular weight is 404 g/mol. The molecule has 0 aromatic carbocycles. The van der Waals surface area contributed by atoms with Gasteiger partial charge in [-0.15, -0.1) is 0 Å². The van der Waals surface area contributed by atoms with Crippen LogP contribution in [0.3, 0.4) is 0 Å². The number of carbonyl (C=O) groups excluding carboxylic acids is 2. The molecule has 3 rings (SSSR count). The second-order valence-corrected chi connectivity index (χ2v) is 7.07. The zero-order valence-electron chi connectivity index (χ0n) is 16.6. The zero-order chi connectivity index (χ0) is 21.7. The third kappa shape index (κ3) is 4.86. The van der Waals surface area contributed by atoms with Gasteiger partial charge < -0.3 is 15.5 Å². The van der Waals surface area contributed by atoms with E-state index in [0.29, 0.717) is 22.8 Å². The van der Waals surface area contributed by atoms with Crippen LogP contribution in [0.25, 0.3) is 11.3 Å². The van der Waals surface area contributed by atoms with Crippen LogP contribution in [0, 0.1) is 28.6 Å². The molecule has 10 heteroatoms. The Labute approximate surface area is 173 Å². The molecule has 2 aromatic rings. The molecule has 2 heterocycles. The van der Waals surface area contributed by atoms with Crippen LogP contribution in [0.1, 0.15) is 25.0 Å². The molecule has 0 radical (unpaired) electrons. The van der Waals surface area contributed by atoms with Gasteiger partial charge in [-0.05, 0) is 18.9 Å². The predicted octanol–water partition coefficient (Wildman–Crippen LogP) is 1.54. The average Bonchev–Trinajstić information content (AvgIpc) is 3.59. The number of amides is 2. The largest absolute Gasteiger partial charge is 0.370 e. The summed E-state index contributed by atoms with van der Waals surface area (Å²) < 4.78 is 0. The van der Waals surface area contributed by atoms with Crippen LogP contribution in [0.4, 0.5) is 11.5 Å². The number of nitriles is 2. The summed E-state index contributed by atoms with van der Waals surface area (Å²) in [6.45, 7) is 0. The summed E-state index contributed by atoms with van der Waals surface area (Å²) in [6, 6.07) is 4.75. The molecule has 0 unspecified atom stereocenters. The normalized spacial score (nSPS) is 13.5. The number of nitrogens with one attached hydrogen (secondary N) is 2. The monoisotopic (exact) mass is 404 g/mol. The maximum absolute atomic E-state index is 12.3. The van der Waals surface area contributed by atoms with Crippen molar-refractivity contribution in [3.8, 4) is 23.4 Å². The van der Waals surface area contributed by atoms with Crippen molar-refractivity contribution in [3.63, 3.8) is 0 Å². The van der Waals surface area contributed by atoms with Gasteiger partial charge in [-0.25, -0.2) is 9.97 Å². The molecule has 152 valence electrons. The van der Waals surface area contributed by atoms with E-state index in [4.69, 9.17) is 5.26 Å². The van der Waals surface area contributed by atoms with Gasteiger partial charge in [0.15, 0.2) is 11.5 Å². The molecule has 10 nitrogen and oxygen atoms in total. The van der Waals surface area contributed by atoms with Gasteiger partial charge in [0.25, 0.3) is 0 Å². The molecule has 2 aromatic heterocycles. The Morgan fingerprint density at radius 3 is 2.53 bits per heavy atom. The van der Waals surface area contributed by atoms with Crippen LogP contribution < -0.4 is 10.6 Å². The molecule has 1 atom stereocenters. The Balaban J connectivity index is 1.83. The number of anilines is 2. The Hall–Kier alpha value is -4.05.